The summed E-state index contributed by atoms with van der Waals surface area (Å²) in [6, 6.07) is 0. The van der Waals surface area contributed by atoms with Crippen LogP contribution in [-0.4, -0.2) is 36.2 Å². The fourth-order valence-electron chi connectivity index (χ4n) is 1.42. The lowest BCUT2D eigenvalue weighted by molar-refractivity contribution is -0.124. The van der Waals surface area contributed by atoms with E-state index in [9.17, 15) is 4.79 Å². The minimum Gasteiger partial charge on any atom is -0.381 e. The van der Waals surface area contributed by atoms with Gasteiger partial charge in [0.25, 0.3) is 0 Å². The van der Waals surface area contributed by atoms with Crippen molar-refractivity contribution in [3.05, 3.63) is 0 Å². The predicted octanol–water partition coefficient (Wildman–Crippen LogP) is 1.67. The molecular weight excluding hydrogens is 210 g/mol. The molecule has 0 radical (unpaired) electrons. The van der Waals surface area contributed by atoms with Crippen molar-refractivity contribution >= 4 is 17.7 Å². The van der Waals surface area contributed by atoms with Crippen molar-refractivity contribution < 1.29 is 9.53 Å². The van der Waals surface area contributed by atoms with Crippen molar-refractivity contribution in [1.82, 2.24) is 5.32 Å². The van der Waals surface area contributed by atoms with Gasteiger partial charge in [0.05, 0.1) is 12.5 Å². The molecule has 1 amide bonds. The Bertz CT molecular complexity index is 207. The number of carbonyl (C=O) groups is 1. The largest absolute Gasteiger partial charge is 0.381 e. The van der Waals surface area contributed by atoms with Crippen molar-refractivity contribution in [1.29, 1.82) is 0 Å². The zero-order valence-electron chi connectivity index (χ0n) is 9.84. The summed E-state index contributed by atoms with van der Waals surface area (Å²) in [5.41, 5.74) is 0. The highest BCUT2D eigenvalue weighted by Crippen LogP contribution is 2.22. The lowest BCUT2D eigenvalue weighted by Crippen LogP contribution is -2.33. The first kappa shape index (κ1) is 12.8. The van der Waals surface area contributed by atoms with Crippen LogP contribution < -0.4 is 5.32 Å². The van der Waals surface area contributed by atoms with Crippen molar-refractivity contribution in [2.45, 2.75) is 31.9 Å². The van der Waals surface area contributed by atoms with E-state index in [1.165, 1.54) is 0 Å². The number of thioether (sulfide) groups is 1. The third kappa shape index (κ3) is 5.42. The summed E-state index contributed by atoms with van der Waals surface area (Å²) in [4.78, 5) is 11.6. The quantitative estimate of drug-likeness (QED) is 0.748. The minimum absolute atomic E-state index is 0.0876. The van der Waals surface area contributed by atoms with Gasteiger partial charge in [-0.15, -0.1) is 0 Å². The topological polar surface area (TPSA) is 38.3 Å². The van der Waals surface area contributed by atoms with Gasteiger partial charge < -0.3 is 10.1 Å². The fraction of sp³-hybridized carbons (Fsp3) is 0.909. The summed E-state index contributed by atoms with van der Waals surface area (Å²) in [5.74, 6) is 1.22. The van der Waals surface area contributed by atoms with Gasteiger partial charge in [0.1, 0.15) is 0 Å². The van der Waals surface area contributed by atoms with Crippen LogP contribution in [0.1, 0.15) is 27.2 Å². The second-order valence-corrected chi connectivity index (χ2v) is 6.73. The van der Waals surface area contributed by atoms with Gasteiger partial charge in [-0.1, -0.05) is 20.8 Å². The molecule has 0 bridgehead atoms. The molecule has 1 rings (SSSR count). The molecule has 4 heteroatoms. The maximum atomic E-state index is 11.6. The van der Waals surface area contributed by atoms with Gasteiger partial charge in [0, 0.05) is 23.7 Å². The standard InChI is InChI=1S/C11H21NO2S/c1-11(2,3)15-7-5-12-10(13)9-4-6-14-8-9/h9H,4-8H2,1-3H3,(H,12,13)/t9-/m1/s1. The molecule has 1 heterocycles. The van der Waals surface area contributed by atoms with Crippen molar-refractivity contribution in [3.8, 4) is 0 Å². The van der Waals surface area contributed by atoms with E-state index in [2.05, 4.69) is 26.1 Å². The van der Waals surface area contributed by atoms with Crippen LogP contribution >= 0.6 is 11.8 Å². The Morgan fingerprint density at radius 1 is 1.53 bits per heavy atom. The first-order chi connectivity index (χ1) is 6.99. The van der Waals surface area contributed by atoms with Crippen LogP contribution in [0.2, 0.25) is 0 Å². The molecule has 0 unspecified atom stereocenters. The van der Waals surface area contributed by atoms with Gasteiger partial charge in [0.15, 0.2) is 0 Å². The fourth-order valence-corrected chi connectivity index (χ4v) is 2.23. The third-order valence-corrected chi connectivity index (χ3v) is 3.51. The Morgan fingerprint density at radius 3 is 2.80 bits per heavy atom. The number of hydrogen-bond donors (Lipinski definition) is 1. The average Bonchev–Trinajstić information content (AvgIpc) is 2.63. The molecule has 3 nitrogen and oxygen atoms in total. The van der Waals surface area contributed by atoms with E-state index in [1.54, 1.807) is 0 Å². The number of hydrogen-bond acceptors (Lipinski definition) is 3. The molecule has 0 saturated carbocycles. The molecule has 0 spiro atoms. The molecule has 15 heavy (non-hydrogen) atoms. The van der Waals surface area contributed by atoms with Gasteiger partial charge >= 0.3 is 0 Å². The van der Waals surface area contributed by atoms with Crippen LogP contribution in [0.5, 0.6) is 0 Å². The highest BCUT2D eigenvalue weighted by molar-refractivity contribution is 8.00. The summed E-state index contributed by atoms with van der Waals surface area (Å²) >= 11 is 1.87. The highest BCUT2D eigenvalue weighted by atomic mass is 32.2. The molecule has 1 aliphatic heterocycles. The molecule has 1 fully saturated rings. The van der Waals surface area contributed by atoms with Gasteiger partial charge in [0.2, 0.25) is 5.91 Å². The lowest BCUT2D eigenvalue weighted by Gasteiger charge is -2.17. The first-order valence-electron chi connectivity index (χ1n) is 5.48. The zero-order chi connectivity index (χ0) is 11.3. The summed E-state index contributed by atoms with van der Waals surface area (Å²) in [5, 5.41) is 2.96. The normalized spacial score (nSPS) is 21.7. The molecule has 1 N–H and O–H groups in total. The van der Waals surface area contributed by atoms with E-state index in [0.29, 0.717) is 6.61 Å². The smallest absolute Gasteiger partial charge is 0.225 e. The molecule has 0 aromatic carbocycles. The SMILES string of the molecule is CC(C)(C)SCCNC(=O)[C@@H]1CCOC1. The average molecular weight is 231 g/mol. The van der Waals surface area contributed by atoms with E-state index >= 15 is 0 Å². The Labute approximate surface area is 96.3 Å². The third-order valence-electron chi connectivity index (χ3n) is 2.24. The van der Waals surface area contributed by atoms with E-state index in [-0.39, 0.29) is 16.6 Å². The van der Waals surface area contributed by atoms with Crippen molar-refractivity contribution in [3.63, 3.8) is 0 Å². The Kier molecular flexibility index (Phi) is 4.93. The van der Waals surface area contributed by atoms with Gasteiger partial charge in [-0.3, -0.25) is 4.79 Å². The van der Waals surface area contributed by atoms with Gasteiger partial charge in [-0.2, -0.15) is 11.8 Å². The monoisotopic (exact) mass is 231 g/mol. The summed E-state index contributed by atoms with van der Waals surface area (Å²) in [7, 11) is 0. The van der Waals surface area contributed by atoms with Crippen LogP contribution in [0.3, 0.4) is 0 Å². The number of carbonyl (C=O) groups excluding carboxylic acids is 1. The van der Waals surface area contributed by atoms with Crippen molar-refractivity contribution in [2.75, 3.05) is 25.5 Å². The molecule has 88 valence electrons. The van der Waals surface area contributed by atoms with Crippen LogP contribution in [0.25, 0.3) is 0 Å². The summed E-state index contributed by atoms with van der Waals surface area (Å²) in [6.45, 7) is 8.64. The van der Waals surface area contributed by atoms with Crippen LogP contribution in [0, 0.1) is 5.92 Å². The maximum absolute atomic E-state index is 11.6. The number of ether oxygens (including phenoxy) is 1. The van der Waals surface area contributed by atoms with Crippen LogP contribution in [-0.2, 0) is 9.53 Å². The number of amides is 1. The second-order valence-electron chi connectivity index (χ2n) is 4.81. The van der Waals surface area contributed by atoms with E-state index in [1.807, 2.05) is 11.8 Å². The molecule has 0 aromatic heterocycles. The molecule has 1 aliphatic rings. The predicted molar refractivity (Wildman–Crippen MR) is 64.1 cm³/mol. The lowest BCUT2D eigenvalue weighted by atomic mass is 10.1. The van der Waals surface area contributed by atoms with Crippen molar-refractivity contribution in [2.24, 2.45) is 5.92 Å². The van der Waals surface area contributed by atoms with Crippen LogP contribution in [0.15, 0.2) is 0 Å². The Hall–Kier alpha value is -0.220. The number of nitrogens with one attached hydrogen (secondary N) is 1. The molecule has 1 atom stereocenters. The van der Waals surface area contributed by atoms with E-state index in [4.69, 9.17) is 4.74 Å². The molecule has 1 saturated heterocycles. The first-order valence-corrected chi connectivity index (χ1v) is 6.47. The zero-order valence-corrected chi connectivity index (χ0v) is 10.7. The van der Waals surface area contributed by atoms with E-state index in [0.717, 1.165) is 25.3 Å². The highest BCUT2D eigenvalue weighted by Gasteiger charge is 2.22. The second kappa shape index (κ2) is 5.75. The Balaban J connectivity index is 2.07. The molecular formula is C11H21NO2S. The molecule has 0 aromatic rings. The maximum Gasteiger partial charge on any atom is 0.225 e. The summed E-state index contributed by atoms with van der Waals surface area (Å²) < 4.78 is 5.45. The van der Waals surface area contributed by atoms with Gasteiger partial charge in [-0.25, -0.2) is 0 Å². The van der Waals surface area contributed by atoms with Crippen LogP contribution in [0.4, 0.5) is 0 Å². The van der Waals surface area contributed by atoms with Gasteiger partial charge in [-0.05, 0) is 6.42 Å². The Morgan fingerprint density at radius 2 is 2.27 bits per heavy atom. The minimum atomic E-state index is 0.0876. The molecule has 0 aliphatic carbocycles. The summed E-state index contributed by atoms with van der Waals surface area (Å²) in [6.07, 6.45) is 0.873. The number of rotatable bonds is 4. The van der Waals surface area contributed by atoms with E-state index < -0.39 is 0 Å².